The number of primary sulfonamides is 1. The molecular formula is C14H15NO3S. The molecule has 2 rings (SSSR count). The molecule has 2 N–H and O–H groups in total. The van der Waals surface area contributed by atoms with Crippen molar-refractivity contribution in [3.8, 4) is 16.9 Å². The molecule has 0 bridgehead atoms. The Bertz CT molecular complexity index is 666. The Morgan fingerprint density at radius 2 is 1.74 bits per heavy atom. The van der Waals surface area contributed by atoms with Gasteiger partial charge < -0.3 is 4.74 Å². The van der Waals surface area contributed by atoms with Gasteiger partial charge in [-0.3, -0.25) is 0 Å². The van der Waals surface area contributed by atoms with E-state index < -0.39 is 10.0 Å². The van der Waals surface area contributed by atoms with E-state index in [1.807, 2.05) is 30.3 Å². The van der Waals surface area contributed by atoms with Gasteiger partial charge in [-0.2, -0.15) is 0 Å². The van der Waals surface area contributed by atoms with Crippen LogP contribution >= 0.6 is 0 Å². The number of benzene rings is 2. The van der Waals surface area contributed by atoms with Crippen molar-refractivity contribution in [1.29, 1.82) is 0 Å². The van der Waals surface area contributed by atoms with Crippen LogP contribution in [-0.4, -0.2) is 15.0 Å². The molecule has 0 radical (unpaired) electrons. The molecule has 0 aliphatic rings. The van der Waals surface area contributed by atoms with Gasteiger partial charge in [0.15, 0.2) is 0 Å². The van der Waals surface area contributed by atoms with Crippen molar-refractivity contribution in [1.82, 2.24) is 0 Å². The van der Waals surface area contributed by atoms with Crippen LogP contribution in [0, 0.1) is 0 Å². The summed E-state index contributed by atoms with van der Waals surface area (Å²) in [6.07, 6.45) is 0. The monoisotopic (exact) mass is 277 g/mol. The molecule has 4 nitrogen and oxygen atoms in total. The van der Waals surface area contributed by atoms with Crippen molar-refractivity contribution in [3.63, 3.8) is 0 Å². The Morgan fingerprint density at radius 1 is 1.05 bits per heavy atom. The quantitative estimate of drug-likeness (QED) is 0.933. The number of ether oxygens (including phenoxy) is 1. The minimum atomic E-state index is -3.86. The van der Waals surface area contributed by atoms with E-state index in [-0.39, 0.29) is 10.6 Å². The van der Waals surface area contributed by atoms with Gasteiger partial charge in [-0.1, -0.05) is 42.5 Å². The number of hydrogen-bond donors (Lipinski definition) is 1. The maximum absolute atomic E-state index is 11.8. The van der Waals surface area contributed by atoms with Crippen molar-refractivity contribution in [2.45, 2.75) is 11.8 Å². The fourth-order valence-electron chi connectivity index (χ4n) is 1.92. The van der Waals surface area contributed by atoms with Gasteiger partial charge in [0.05, 0.1) is 6.61 Å². The lowest BCUT2D eigenvalue weighted by atomic mass is 10.1. The standard InChI is InChI=1S/C14H15NO3S/c1-2-18-13-10-6-9-12(14(13)19(15,16)17)11-7-4-3-5-8-11/h3-10H,2H2,1H3,(H2,15,16,17). The van der Waals surface area contributed by atoms with Crippen LogP contribution in [0.2, 0.25) is 0 Å². The summed E-state index contributed by atoms with van der Waals surface area (Å²) >= 11 is 0. The molecular weight excluding hydrogens is 262 g/mol. The Balaban J connectivity index is 2.71. The summed E-state index contributed by atoms with van der Waals surface area (Å²) in [7, 11) is -3.86. The molecule has 19 heavy (non-hydrogen) atoms. The van der Waals surface area contributed by atoms with Crippen LogP contribution in [0.25, 0.3) is 11.1 Å². The summed E-state index contributed by atoms with van der Waals surface area (Å²) in [5, 5.41) is 5.32. The molecule has 0 fully saturated rings. The number of nitrogens with two attached hydrogens (primary N) is 1. The van der Waals surface area contributed by atoms with Crippen molar-refractivity contribution in [3.05, 3.63) is 48.5 Å². The molecule has 100 valence electrons. The molecule has 2 aromatic rings. The molecule has 5 heteroatoms. The van der Waals surface area contributed by atoms with E-state index in [1.165, 1.54) is 0 Å². The average Bonchev–Trinajstić information content (AvgIpc) is 2.38. The molecule has 0 atom stereocenters. The Labute approximate surface area is 112 Å². The summed E-state index contributed by atoms with van der Waals surface area (Å²) in [6.45, 7) is 2.17. The van der Waals surface area contributed by atoms with Crippen LogP contribution in [0.3, 0.4) is 0 Å². The van der Waals surface area contributed by atoms with E-state index >= 15 is 0 Å². The second kappa shape index (κ2) is 5.42. The normalized spacial score (nSPS) is 11.3. The topological polar surface area (TPSA) is 69.4 Å². The van der Waals surface area contributed by atoms with Gasteiger partial charge in [-0.05, 0) is 18.6 Å². The van der Waals surface area contributed by atoms with Gasteiger partial charge >= 0.3 is 0 Å². The third-order valence-corrected chi connectivity index (χ3v) is 3.64. The first kappa shape index (κ1) is 13.6. The Hall–Kier alpha value is -1.85. The predicted molar refractivity (Wildman–Crippen MR) is 74.4 cm³/mol. The SMILES string of the molecule is CCOc1cccc(-c2ccccc2)c1S(N)(=O)=O. The maximum Gasteiger partial charge on any atom is 0.242 e. The predicted octanol–water partition coefficient (Wildman–Crippen LogP) is 2.40. The molecule has 0 heterocycles. The first-order valence-electron chi connectivity index (χ1n) is 5.88. The number of rotatable bonds is 4. The minimum absolute atomic E-state index is 0.0306. The molecule has 0 saturated heterocycles. The Kier molecular flexibility index (Phi) is 3.87. The number of sulfonamides is 1. The van der Waals surface area contributed by atoms with Crippen molar-refractivity contribution < 1.29 is 13.2 Å². The van der Waals surface area contributed by atoms with E-state index in [2.05, 4.69) is 0 Å². The van der Waals surface area contributed by atoms with Gasteiger partial charge in [0, 0.05) is 5.56 Å². The first-order chi connectivity index (χ1) is 9.04. The third-order valence-electron chi connectivity index (χ3n) is 2.65. The second-order valence-electron chi connectivity index (χ2n) is 3.98. The average molecular weight is 277 g/mol. The maximum atomic E-state index is 11.8. The minimum Gasteiger partial charge on any atom is -0.492 e. The van der Waals surface area contributed by atoms with Crippen LogP contribution in [0.1, 0.15) is 6.92 Å². The fraction of sp³-hybridized carbons (Fsp3) is 0.143. The van der Waals surface area contributed by atoms with Crippen molar-refractivity contribution >= 4 is 10.0 Å². The van der Waals surface area contributed by atoms with E-state index in [1.54, 1.807) is 25.1 Å². The first-order valence-corrected chi connectivity index (χ1v) is 7.42. The smallest absolute Gasteiger partial charge is 0.242 e. The zero-order chi connectivity index (χ0) is 13.9. The summed E-state index contributed by atoms with van der Waals surface area (Å²) in [6, 6.07) is 14.3. The zero-order valence-electron chi connectivity index (χ0n) is 10.5. The Morgan fingerprint density at radius 3 is 2.32 bits per heavy atom. The lowest BCUT2D eigenvalue weighted by Crippen LogP contribution is -2.15. The van der Waals surface area contributed by atoms with E-state index in [4.69, 9.17) is 9.88 Å². The van der Waals surface area contributed by atoms with Gasteiger partial charge in [0.2, 0.25) is 10.0 Å². The van der Waals surface area contributed by atoms with E-state index in [0.717, 1.165) is 5.56 Å². The van der Waals surface area contributed by atoms with Gasteiger partial charge in [0.25, 0.3) is 0 Å². The van der Waals surface area contributed by atoms with Gasteiger partial charge in [0.1, 0.15) is 10.6 Å². The fourth-order valence-corrected chi connectivity index (χ4v) is 2.82. The van der Waals surface area contributed by atoms with Crippen LogP contribution < -0.4 is 9.88 Å². The molecule has 2 aromatic carbocycles. The molecule has 0 aliphatic heterocycles. The zero-order valence-corrected chi connectivity index (χ0v) is 11.4. The summed E-state index contributed by atoms with van der Waals surface area (Å²) in [4.78, 5) is 0.0306. The lowest BCUT2D eigenvalue weighted by Gasteiger charge is -2.13. The highest BCUT2D eigenvalue weighted by atomic mass is 32.2. The van der Waals surface area contributed by atoms with Crippen LogP contribution in [0.15, 0.2) is 53.4 Å². The second-order valence-corrected chi connectivity index (χ2v) is 5.48. The van der Waals surface area contributed by atoms with Crippen molar-refractivity contribution in [2.24, 2.45) is 5.14 Å². The van der Waals surface area contributed by atoms with Crippen molar-refractivity contribution in [2.75, 3.05) is 6.61 Å². The highest BCUT2D eigenvalue weighted by Crippen LogP contribution is 2.33. The van der Waals surface area contributed by atoms with Crippen LogP contribution in [-0.2, 0) is 10.0 Å². The molecule has 0 saturated carbocycles. The van der Waals surface area contributed by atoms with Crippen LogP contribution in [0.5, 0.6) is 5.75 Å². The molecule has 0 spiro atoms. The summed E-state index contributed by atoms with van der Waals surface area (Å²) < 4.78 is 29.0. The number of hydrogen-bond acceptors (Lipinski definition) is 3. The molecule has 0 aromatic heterocycles. The van der Waals surface area contributed by atoms with E-state index in [9.17, 15) is 8.42 Å². The summed E-state index contributed by atoms with van der Waals surface area (Å²) in [5.41, 5.74) is 1.34. The van der Waals surface area contributed by atoms with E-state index in [0.29, 0.717) is 12.2 Å². The third kappa shape index (κ3) is 2.94. The summed E-state index contributed by atoms with van der Waals surface area (Å²) in [5.74, 6) is 0.284. The van der Waals surface area contributed by atoms with Crippen LogP contribution in [0.4, 0.5) is 0 Å². The lowest BCUT2D eigenvalue weighted by molar-refractivity contribution is 0.331. The highest BCUT2D eigenvalue weighted by Gasteiger charge is 2.20. The van der Waals surface area contributed by atoms with Gasteiger partial charge in [-0.25, -0.2) is 13.6 Å². The molecule has 0 unspecified atom stereocenters. The highest BCUT2D eigenvalue weighted by molar-refractivity contribution is 7.89. The molecule has 0 amide bonds. The molecule has 0 aliphatic carbocycles. The largest absolute Gasteiger partial charge is 0.492 e. The van der Waals surface area contributed by atoms with Gasteiger partial charge in [-0.15, -0.1) is 0 Å².